The molecule has 4 aromatic heterocycles. The van der Waals surface area contributed by atoms with Crippen LogP contribution in [0.4, 0.5) is 0 Å². The molecule has 0 fully saturated rings. The molecule has 4 heterocycles. The van der Waals surface area contributed by atoms with Gasteiger partial charge in [0.15, 0.2) is 22.6 Å². The van der Waals surface area contributed by atoms with Gasteiger partial charge in [0.2, 0.25) is 0 Å². The third-order valence-corrected chi connectivity index (χ3v) is 6.83. The zero-order valence-corrected chi connectivity index (χ0v) is 22.6. The minimum Gasteiger partial charge on any atom is -0.289 e. The maximum Gasteiger partial charge on any atom is 0.329 e. The monoisotopic (exact) mass is 534 g/mol. The van der Waals surface area contributed by atoms with Crippen LogP contribution in [0.5, 0.6) is 0 Å². The van der Waals surface area contributed by atoms with Gasteiger partial charge in [-0.1, -0.05) is 74.2 Å². The van der Waals surface area contributed by atoms with Gasteiger partial charge in [0.05, 0.1) is 35.9 Å². The lowest BCUT2D eigenvalue weighted by Crippen LogP contribution is -2.21. The zero-order valence-electron chi connectivity index (χ0n) is 22.6. The molecule has 0 aliphatic carbocycles. The third-order valence-electron chi connectivity index (χ3n) is 6.83. The van der Waals surface area contributed by atoms with Crippen LogP contribution in [0.15, 0.2) is 89.2 Å². The molecule has 0 unspecified atom stereocenters. The van der Waals surface area contributed by atoms with Crippen molar-refractivity contribution in [2.45, 2.75) is 39.3 Å². The van der Waals surface area contributed by atoms with Crippen LogP contribution >= 0.6 is 0 Å². The van der Waals surface area contributed by atoms with Crippen LogP contribution in [0.3, 0.4) is 0 Å². The van der Waals surface area contributed by atoms with Crippen molar-refractivity contribution in [2.24, 2.45) is 0 Å². The average molecular weight is 535 g/mol. The number of rotatable bonds is 6. The molecule has 202 valence electrons. The van der Waals surface area contributed by atoms with Crippen molar-refractivity contribution in [3.63, 3.8) is 0 Å². The standard InChI is InChI=1S/C15H16N4O.C15H14N4O/c2*1-3-12-9-16-13-14(17-12)19(15(20)18-13)10(2)11-7-5-4-6-8-11/h4-10H,3H2,1-2H3,(H,16,18,20);3-10H,1H2,2H3,(H,16,18,20)/t2*10-/m00/s1. The number of hydrogen-bond donors (Lipinski definition) is 2. The van der Waals surface area contributed by atoms with Gasteiger partial charge in [-0.25, -0.2) is 29.5 Å². The summed E-state index contributed by atoms with van der Waals surface area (Å²) in [4.78, 5) is 47.2. The molecule has 40 heavy (non-hydrogen) atoms. The van der Waals surface area contributed by atoms with Crippen LogP contribution in [0, 0.1) is 0 Å². The van der Waals surface area contributed by atoms with Gasteiger partial charge in [0, 0.05) is 0 Å². The van der Waals surface area contributed by atoms with Gasteiger partial charge >= 0.3 is 11.4 Å². The summed E-state index contributed by atoms with van der Waals surface area (Å²) in [6, 6.07) is 19.5. The second kappa shape index (κ2) is 11.3. The number of hydrogen-bond acceptors (Lipinski definition) is 6. The molecule has 0 amide bonds. The first-order chi connectivity index (χ1) is 19.4. The molecule has 0 aliphatic heterocycles. The number of nitrogens with one attached hydrogen (secondary N) is 2. The number of aromatic amines is 2. The summed E-state index contributed by atoms with van der Waals surface area (Å²) in [6.45, 7) is 9.65. The Morgan fingerprint density at radius 3 is 1.73 bits per heavy atom. The van der Waals surface area contributed by atoms with Gasteiger partial charge in [0.25, 0.3) is 0 Å². The van der Waals surface area contributed by atoms with Crippen LogP contribution in [-0.2, 0) is 6.42 Å². The fourth-order valence-electron chi connectivity index (χ4n) is 4.58. The molecule has 0 radical (unpaired) electrons. The van der Waals surface area contributed by atoms with Gasteiger partial charge in [-0.2, -0.15) is 0 Å². The highest BCUT2D eigenvalue weighted by atomic mass is 16.1. The highest BCUT2D eigenvalue weighted by Gasteiger charge is 2.18. The predicted molar refractivity (Wildman–Crippen MR) is 156 cm³/mol. The Morgan fingerprint density at radius 1 is 0.775 bits per heavy atom. The molecule has 0 bridgehead atoms. The van der Waals surface area contributed by atoms with E-state index in [4.69, 9.17) is 0 Å². The van der Waals surface area contributed by atoms with Crippen molar-refractivity contribution in [3.8, 4) is 0 Å². The highest BCUT2D eigenvalue weighted by molar-refractivity contribution is 5.67. The summed E-state index contributed by atoms with van der Waals surface area (Å²) in [5.74, 6) is 0. The molecule has 0 spiro atoms. The highest BCUT2D eigenvalue weighted by Crippen LogP contribution is 2.20. The van der Waals surface area contributed by atoms with E-state index in [-0.39, 0.29) is 23.5 Å². The molecule has 2 aromatic carbocycles. The number of imidazole rings is 2. The van der Waals surface area contributed by atoms with E-state index in [2.05, 4.69) is 36.5 Å². The van der Waals surface area contributed by atoms with Crippen LogP contribution < -0.4 is 11.4 Å². The normalized spacial score (nSPS) is 12.6. The zero-order chi connectivity index (χ0) is 28.2. The van der Waals surface area contributed by atoms with E-state index in [1.807, 2.05) is 81.4 Å². The fraction of sp³-hybridized carbons (Fsp3) is 0.200. The first-order valence-electron chi connectivity index (χ1n) is 13.1. The van der Waals surface area contributed by atoms with Crippen molar-refractivity contribution >= 4 is 28.7 Å². The summed E-state index contributed by atoms with van der Waals surface area (Å²) < 4.78 is 3.28. The number of nitrogens with zero attached hydrogens (tertiary/aromatic N) is 6. The third kappa shape index (κ3) is 5.11. The van der Waals surface area contributed by atoms with Crippen molar-refractivity contribution in [1.82, 2.24) is 39.0 Å². The Kier molecular flexibility index (Phi) is 7.50. The second-order valence-electron chi connectivity index (χ2n) is 9.33. The molecule has 6 rings (SSSR count). The van der Waals surface area contributed by atoms with Crippen LogP contribution in [0.25, 0.3) is 28.7 Å². The Hall–Kier alpha value is -5.12. The van der Waals surface area contributed by atoms with Crippen LogP contribution in [0.1, 0.15) is 55.4 Å². The Bertz CT molecular complexity index is 1880. The van der Waals surface area contributed by atoms with Crippen molar-refractivity contribution in [2.75, 3.05) is 0 Å². The van der Waals surface area contributed by atoms with Gasteiger partial charge in [-0.15, -0.1) is 0 Å². The largest absolute Gasteiger partial charge is 0.329 e. The van der Waals surface area contributed by atoms with E-state index in [0.29, 0.717) is 28.3 Å². The molecule has 0 aliphatic rings. The molecule has 0 saturated carbocycles. The first kappa shape index (κ1) is 26.5. The van der Waals surface area contributed by atoms with Gasteiger partial charge in [-0.05, 0) is 37.5 Å². The second-order valence-corrected chi connectivity index (χ2v) is 9.33. The van der Waals surface area contributed by atoms with Crippen molar-refractivity contribution in [1.29, 1.82) is 0 Å². The lowest BCUT2D eigenvalue weighted by Gasteiger charge is -2.13. The SMILES string of the molecule is C=Cc1cnc2[nH]c(=O)n([C@@H](C)c3ccccc3)c2n1.CCc1cnc2[nH]c(=O)n([C@@H](C)c3ccccc3)c2n1. The summed E-state index contributed by atoms with van der Waals surface area (Å²) >= 11 is 0. The molecular formula is C30H30N8O2. The maximum atomic E-state index is 12.2. The van der Waals surface area contributed by atoms with Crippen LogP contribution in [0.2, 0.25) is 0 Å². The van der Waals surface area contributed by atoms with E-state index in [9.17, 15) is 9.59 Å². The molecular weight excluding hydrogens is 504 g/mol. The number of benzene rings is 2. The summed E-state index contributed by atoms with van der Waals surface area (Å²) in [5.41, 5.74) is 5.44. The topological polar surface area (TPSA) is 127 Å². The molecule has 0 saturated heterocycles. The van der Waals surface area contributed by atoms with E-state index >= 15 is 0 Å². The molecule has 6 aromatic rings. The average Bonchev–Trinajstić information content (AvgIpc) is 3.51. The minimum absolute atomic E-state index is 0.0844. The number of H-pyrrole nitrogens is 2. The minimum atomic E-state index is -0.211. The van der Waals surface area contributed by atoms with Crippen LogP contribution in [-0.4, -0.2) is 39.0 Å². The van der Waals surface area contributed by atoms with Crippen molar-refractivity contribution < 1.29 is 0 Å². The number of fused-ring (bicyclic) bond motifs is 2. The van der Waals surface area contributed by atoms with E-state index in [1.54, 1.807) is 27.6 Å². The van der Waals surface area contributed by atoms with E-state index in [1.165, 1.54) is 0 Å². The Balaban J connectivity index is 0.000000161. The molecule has 10 nitrogen and oxygen atoms in total. The lowest BCUT2D eigenvalue weighted by atomic mass is 10.1. The van der Waals surface area contributed by atoms with Gasteiger partial charge in [-0.3, -0.25) is 19.1 Å². The summed E-state index contributed by atoms with van der Waals surface area (Å²) in [6.07, 6.45) is 5.70. The summed E-state index contributed by atoms with van der Waals surface area (Å²) in [5, 5.41) is 0. The van der Waals surface area contributed by atoms with E-state index < -0.39 is 0 Å². The smallest absolute Gasteiger partial charge is 0.289 e. The lowest BCUT2D eigenvalue weighted by molar-refractivity contribution is 0.629. The maximum absolute atomic E-state index is 12.2. The van der Waals surface area contributed by atoms with Crippen molar-refractivity contribution in [3.05, 3.63) is 123 Å². The Labute approximate surface area is 230 Å². The molecule has 2 N–H and O–H groups in total. The Morgan fingerprint density at radius 2 is 1.25 bits per heavy atom. The number of aromatic nitrogens is 8. The predicted octanol–water partition coefficient (Wildman–Crippen LogP) is 4.66. The van der Waals surface area contributed by atoms with E-state index in [0.717, 1.165) is 23.2 Å². The van der Waals surface area contributed by atoms with Gasteiger partial charge < -0.3 is 0 Å². The number of aryl methyl sites for hydroxylation is 1. The molecule has 2 atom stereocenters. The summed E-state index contributed by atoms with van der Waals surface area (Å²) in [7, 11) is 0. The first-order valence-corrected chi connectivity index (χ1v) is 13.1. The quantitative estimate of drug-likeness (QED) is 0.320. The fourth-order valence-corrected chi connectivity index (χ4v) is 4.58. The van der Waals surface area contributed by atoms with Gasteiger partial charge in [0.1, 0.15) is 0 Å². The molecule has 10 heteroatoms.